The first-order chi connectivity index (χ1) is 8.51. The van der Waals surface area contributed by atoms with Gasteiger partial charge in [0, 0.05) is 5.56 Å². The van der Waals surface area contributed by atoms with E-state index in [0.717, 1.165) is 5.56 Å². The smallest absolute Gasteiger partial charge is 0.307 e. The van der Waals surface area contributed by atoms with E-state index in [4.69, 9.17) is 15.2 Å². The van der Waals surface area contributed by atoms with Crippen molar-refractivity contribution in [2.75, 3.05) is 13.2 Å². The second-order valence-electron chi connectivity index (χ2n) is 4.33. The largest absolute Gasteiger partial charge is 0.494 e. The quantitative estimate of drug-likeness (QED) is 0.787. The van der Waals surface area contributed by atoms with Crippen LogP contribution < -0.4 is 10.5 Å². The number of hydrogen-bond acceptors (Lipinski definition) is 4. The van der Waals surface area contributed by atoms with Gasteiger partial charge in [0.05, 0.1) is 25.2 Å². The topological polar surface area (TPSA) is 61.5 Å². The van der Waals surface area contributed by atoms with Gasteiger partial charge >= 0.3 is 5.97 Å². The van der Waals surface area contributed by atoms with Gasteiger partial charge in [-0.1, -0.05) is 18.2 Å². The molecule has 2 N–H and O–H groups in total. The molecule has 4 nitrogen and oxygen atoms in total. The lowest BCUT2D eigenvalue weighted by Crippen LogP contribution is -2.36. The summed E-state index contributed by atoms with van der Waals surface area (Å²) in [7, 11) is 0. The van der Waals surface area contributed by atoms with Crippen LogP contribution >= 0.6 is 0 Å². The maximum Gasteiger partial charge on any atom is 0.307 e. The van der Waals surface area contributed by atoms with Crippen LogP contribution in [0, 0.1) is 0 Å². The Kier molecular flexibility index (Phi) is 5.16. The zero-order valence-electron chi connectivity index (χ0n) is 11.2. The number of carbonyl (C=O) groups is 1. The van der Waals surface area contributed by atoms with E-state index in [2.05, 4.69) is 0 Å². The van der Waals surface area contributed by atoms with Crippen molar-refractivity contribution in [1.29, 1.82) is 0 Å². The van der Waals surface area contributed by atoms with Gasteiger partial charge in [0.15, 0.2) is 0 Å². The van der Waals surface area contributed by atoms with Gasteiger partial charge in [-0.2, -0.15) is 0 Å². The number of esters is 1. The minimum absolute atomic E-state index is 0.130. The van der Waals surface area contributed by atoms with E-state index in [9.17, 15) is 4.79 Å². The van der Waals surface area contributed by atoms with Crippen molar-refractivity contribution in [3.8, 4) is 5.75 Å². The molecular formula is C14H21NO3. The number of hydrogen-bond donors (Lipinski definition) is 1. The highest BCUT2D eigenvalue weighted by molar-refractivity contribution is 5.71. The number of benzene rings is 1. The molecule has 0 spiro atoms. The van der Waals surface area contributed by atoms with Crippen LogP contribution in [0.5, 0.6) is 5.75 Å². The zero-order valence-corrected chi connectivity index (χ0v) is 11.2. The molecule has 1 atom stereocenters. The Morgan fingerprint density at radius 1 is 1.28 bits per heavy atom. The second-order valence-corrected chi connectivity index (χ2v) is 4.33. The fourth-order valence-electron chi connectivity index (χ4n) is 1.83. The summed E-state index contributed by atoms with van der Waals surface area (Å²) in [5.41, 5.74) is 6.25. The molecule has 1 rings (SSSR count). The molecule has 0 radical (unpaired) electrons. The summed E-state index contributed by atoms with van der Waals surface area (Å²) in [5.74, 6) is 0.420. The Bertz CT molecular complexity index is 402. The number of ether oxygens (including phenoxy) is 2. The minimum atomic E-state index is -0.794. The highest BCUT2D eigenvalue weighted by Gasteiger charge is 2.28. The number of para-hydroxylation sites is 1. The Labute approximate surface area is 108 Å². The fourth-order valence-corrected chi connectivity index (χ4v) is 1.83. The average molecular weight is 251 g/mol. The highest BCUT2D eigenvalue weighted by atomic mass is 16.5. The zero-order chi connectivity index (χ0) is 13.6. The van der Waals surface area contributed by atoms with Gasteiger partial charge < -0.3 is 15.2 Å². The fraction of sp³-hybridized carbons (Fsp3) is 0.500. The monoisotopic (exact) mass is 251 g/mol. The molecule has 1 aromatic carbocycles. The van der Waals surface area contributed by atoms with Gasteiger partial charge in [-0.15, -0.1) is 0 Å². The summed E-state index contributed by atoms with van der Waals surface area (Å²) >= 11 is 0. The first-order valence-electron chi connectivity index (χ1n) is 6.18. The van der Waals surface area contributed by atoms with Gasteiger partial charge in [0.25, 0.3) is 0 Å². The maximum absolute atomic E-state index is 11.6. The first kappa shape index (κ1) is 14.5. The summed E-state index contributed by atoms with van der Waals surface area (Å²) in [6.07, 6.45) is 0.130. The van der Waals surface area contributed by atoms with Crippen molar-refractivity contribution in [2.45, 2.75) is 32.7 Å². The molecule has 0 saturated carbocycles. The second kappa shape index (κ2) is 6.40. The molecule has 18 heavy (non-hydrogen) atoms. The maximum atomic E-state index is 11.6. The normalized spacial score (nSPS) is 13.8. The third kappa shape index (κ3) is 3.74. The van der Waals surface area contributed by atoms with Crippen molar-refractivity contribution in [1.82, 2.24) is 0 Å². The molecule has 0 amide bonds. The molecule has 4 heteroatoms. The molecule has 0 aromatic heterocycles. The molecule has 0 fully saturated rings. The Morgan fingerprint density at radius 2 is 1.94 bits per heavy atom. The van der Waals surface area contributed by atoms with Crippen molar-refractivity contribution < 1.29 is 14.3 Å². The Hall–Kier alpha value is -1.55. The molecule has 1 aromatic rings. The van der Waals surface area contributed by atoms with E-state index in [-0.39, 0.29) is 12.4 Å². The number of nitrogens with two attached hydrogens (primary N) is 1. The Morgan fingerprint density at radius 3 is 2.56 bits per heavy atom. The summed E-state index contributed by atoms with van der Waals surface area (Å²) < 4.78 is 10.5. The summed E-state index contributed by atoms with van der Waals surface area (Å²) in [6, 6.07) is 7.50. The average Bonchev–Trinajstić information content (AvgIpc) is 2.29. The van der Waals surface area contributed by atoms with Gasteiger partial charge in [-0.05, 0) is 26.8 Å². The van der Waals surface area contributed by atoms with Crippen LogP contribution in [0.2, 0.25) is 0 Å². The van der Waals surface area contributed by atoms with Crippen LogP contribution in [0.25, 0.3) is 0 Å². The van der Waals surface area contributed by atoms with Crippen molar-refractivity contribution in [2.24, 2.45) is 5.73 Å². The first-order valence-corrected chi connectivity index (χ1v) is 6.18. The van der Waals surface area contributed by atoms with Gasteiger partial charge in [0.1, 0.15) is 5.75 Å². The van der Waals surface area contributed by atoms with E-state index in [0.29, 0.717) is 19.0 Å². The lowest BCUT2D eigenvalue weighted by atomic mass is 9.89. The molecule has 1 unspecified atom stereocenters. The molecule has 0 aliphatic heterocycles. The standard InChI is InChI=1S/C14H21NO3/c1-4-17-12-9-7-6-8-11(12)14(3,15)10-13(16)18-5-2/h6-9H,4-5,10,15H2,1-3H3. The van der Waals surface area contributed by atoms with Gasteiger partial charge in [-0.25, -0.2) is 0 Å². The van der Waals surface area contributed by atoms with Crippen LogP contribution in [-0.4, -0.2) is 19.2 Å². The van der Waals surface area contributed by atoms with Crippen LogP contribution in [-0.2, 0) is 15.1 Å². The highest BCUT2D eigenvalue weighted by Crippen LogP contribution is 2.30. The van der Waals surface area contributed by atoms with E-state index in [1.807, 2.05) is 38.1 Å². The number of rotatable bonds is 6. The molecule has 0 aliphatic carbocycles. The minimum Gasteiger partial charge on any atom is -0.494 e. The van der Waals surface area contributed by atoms with Gasteiger partial charge in [0.2, 0.25) is 0 Å². The lowest BCUT2D eigenvalue weighted by Gasteiger charge is -2.26. The summed E-state index contributed by atoms with van der Waals surface area (Å²) in [5, 5.41) is 0. The van der Waals surface area contributed by atoms with E-state index >= 15 is 0 Å². The summed E-state index contributed by atoms with van der Waals surface area (Å²) in [4.78, 5) is 11.6. The van der Waals surface area contributed by atoms with Crippen LogP contribution in [0.1, 0.15) is 32.8 Å². The lowest BCUT2D eigenvalue weighted by molar-refractivity contribution is -0.144. The third-order valence-electron chi connectivity index (χ3n) is 2.62. The predicted octanol–water partition coefficient (Wildman–Crippen LogP) is 2.21. The number of carbonyl (C=O) groups excluding carboxylic acids is 1. The molecular weight excluding hydrogens is 230 g/mol. The van der Waals surface area contributed by atoms with E-state index in [1.54, 1.807) is 6.92 Å². The van der Waals surface area contributed by atoms with Crippen LogP contribution in [0.3, 0.4) is 0 Å². The molecule has 0 heterocycles. The van der Waals surface area contributed by atoms with Crippen molar-refractivity contribution in [3.63, 3.8) is 0 Å². The SMILES string of the molecule is CCOC(=O)CC(C)(N)c1ccccc1OCC. The van der Waals surface area contributed by atoms with Gasteiger partial charge in [-0.3, -0.25) is 4.79 Å². The third-order valence-corrected chi connectivity index (χ3v) is 2.62. The molecule has 0 saturated heterocycles. The van der Waals surface area contributed by atoms with E-state index in [1.165, 1.54) is 0 Å². The van der Waals surface area contributed by atoms with Crippen molar-refractivity contribution in [3.05, 3.63) is 29.8 Å². The van der Waals surface area contributed by atoms with Crippen molar-refractivity contribution >= 4 is 5.97 Å². The Balaban J connectivity index is 2.92. The molecule has 0 bridgehead atoms. The summed E-state index contributed by atoms with van der Waals surface area (Å²) in [6.45, 7) is 6.42. The molecule has 0 aliphatic rings. The predicted molar refractivity (Wildman–Crippen MR) is 70.4 cm³/mol. The van der Waals surface area contributed by atoms with Crippen LogP contribution in [0.4, 0.5) is 0 Å². The molecule has 100 valence electrons. The van der Waals surface area contributed by atoms with E-state index < -0.39 is 5.54 Å². The van der Waals surface area contributed by atoms with Crippen LogP contribution in [0.15, 0.2) is 24.3 Å².